The second kappa shape index (κ2) is 8.72. The molecule has 4 nitrogen and oxygen atoms in total. The lowest BCUT2D eigenvalue weighted by molar-refractivity contribution is -0.139. The Bertz CT molecular complexity index is 527. The van der Waals surface area contributed by atoms with Gasteiger partial charge in [0.25, 0.3) is 0 Å². The Hall–Kier alpha value is -2.33. The molecule has 0 aliphatic carbocycles. The number of carbonyl (C=O) groups excluding carboxylic acids is 1. The van der Waals surface area contributed by atoms with Crippen LogP contribution in [0.5, 0.6) is 0 Å². The Morgan fingerprint density at radius 1 is 1.05 bits per heavy atom. The standard InChI is InChI=1S/C9H10O2.C7H10N2/c1-11-9(10)7-8-5-3-2-4-6-8;8-5-6-2-1-3-7(9)4-6/h2-6H,7H2,1H3;1-4H,5,8-9H2. The SMILES string of the molecule is COC(=O)Cc1ccccc1.NCc1cccc(N)c1. The van der Waals surface area contributed by atoms with E-state index in [1.54, 1.807) is 0 Å². The highest BCUT2D eigenvalue weighted by molar-refractivity contribution is 5.72. The lowest BCUT2D eigenvalue weighted by atomic mass is 10.2. The third-order valence-electron chi connectivity index (χ3n) is 2.61. The first-order valence-electron chi connectivity index (χ1n) is 6.31. The molecule has 2 aromatic rings. The maximum Gasteiger partial charge on any atom is 0.309 e. The highest BCUT2D eigenvalue weighted by atomic mass is 16.5. The molecule has 106 valence electrons. The Labute approximate surface area is 119 Å². The first-order valence-corrected chi connectivity index (χ1v) is 6.31. The minimum absolute atomic E-state index is 0.198. The molecule has 0 heterocycles. The van der Waals surface area contributed by atoms with Crippen LogP contribution in [-0.4, -0.2) is 13.1 Å². The molecule has 0 unspecified atom stereocenters. The fourth-order valence-electron chi connectivity index (χ4n) is 1.55. The number of nitrogen functional groups attached to an aromatic ring is 1. The zero-order valence-electron chi connectivity index (χ0n) is 11.6. The molecule has 4 heteroatoms. The summed E-state index contributed by atoms with van der Waals surface area (Å²) in [5.41, 5.74) is 13.7. The number of methoxy groups -OCH3 is 1. The molecule has 0 aromatic heterocycles. The number of hydrogen-bond acceptors (Lipinski definition) is 4. The zero-order chi connectivity index (χ0) is 14.8. The van der Waals surface area contributed by atoms with Crippen molar-refractivity contribution in [1.82, 2.24) is 0 Å². The summed E-state index contributed by atoms with van der Waals surface area (Å²) in [6.07, 6.45) is 0.358. The Morgan fingerprint density at radius 2 is 1.70 bits per heavy atom. The van der Waals surface area contributed by atoms with Crippen molar-refractivity contribution in [1.29, 1.82) is 0 Å². The van der Waals surface area contributed by atoms with Crippen LogP contribution in [0.4, 0.5) is 5.69 Å². The largest absolute Gasteiger partial charge is 0.469 e. The fraction of sp³-hybridized carbons (Fsp3) is 0.188. The maximum absolute atomic E-state index is 10.8. The predicted octanol–water partition coefficient (Wildman–Crippen LogP) is 2.13. The number of nitrogens with two attached hydrogens (primary N) is 2. The van der Waals surface area contributed by atoms with Crippen molar-refractivity contribution in [3.05, 3.63) is 65.7 Å². The quantitative estimate of drug-likeness (QED) is 0.662. The molecule has 0 fully saturated rings. The Balaban J connectivity index is 0.000000204. The third kappa shape index (κ3) is 6.02. The van der Waals surface area contributed by atoms with Gasteiger partial charge in [0.2, 0.25) is 0 Å². The van der Waals surface area contributed by atoms with Crippen LogP contribution in [0, 0.1) is 0 Å². The van der Waals surface area contributed by atoms with Gasteiger partial charge in [-0.15, -0.1) is 0 Å². The van der Waals surface area contributed by atoms with E-state index < -0.39 is 0 Å². The summed E-state index contributed by atoms with van der Waals surface area (Å²) in [4.78, 5) is 10.8. The van der Waals surface area contributed by atoms with Gasteiger partial charge in [0, 0.05) is 12.2 Å². The highest BCUT2D eigenvalue weighted by Crippen LogP contribution is 2.04. The van der Waals surface area contributed by atoms with Gasteiger partial charge in [0.05, 0.1) is 13.5 Å². The fourth-order valence-corrected chi connectivity index (χ4v) is 1.55. The molecule has 2 aromatic carbocycles. The molecular formula is C16H20N2O2. The highest BCUT2D eigenvalue weighted by Gasteiger charge is 1.99. The van der Waals surface area contributed by atoms with Crippen molar-refractivity contribution in [3.8, 4) is 0 Å². The number of rotatable bonds is 3. The predicted molar refractivity (Wildman–Crippen MR) is 80.9 cm³/mol. The van der Waals surface area contributed by atoms with Crippen LogP contribution in [0.3, 0.4) is 0 Å². The smallest absolute Gasteiger partial charge is 0.309 e. The molecule has 0 amide bonds. The molecule has 0 bridgehead atoms. The number of carbonyl (C=O) groups is 1. The summed E-state index contributed by atoms with van der Waals surface area (Å²) in [5.74, 6) is -0.198. The second-order valence-electron chi connectivity index (χ2n) is 4.19. The van der Waals surface area contributed by atoms with Crippen LogP contribution < -0.4 is 11.5 Å². The monoisotopic (exact) mass is 272 g/mol. The number of esters is 1. The molecule has 2 rings (SSSR count). The van der Waals surface area contributed by atoms with Gasteiger partial charge in [-0.2, -0.15) is 0 Å². The molecule has 0 aliphatic heterocycles. The summed E-state index contributed by atoms with van der Waals surface area (Å²) in [6, 6.07) is 17.1. The van der Waals surface area contributed by atoms with Gasteiger partial charge in [-0.1, -0.05) is 42.5 Å². The first-order chi connectivity index (χ1) is 9.65. The minimum Gasteiger partial charge on any atom is -0.469 e. The van der Waals surface area contributed by atoms with Gasteiger partial charge in [-0.25, -0.2) is 0 Å². The Morgan fingerprint density at radius 3 is 2.20 bits per heavy atom. The summed E-state index contributed by atoms with van der Waals surface area (Å²) < 4.78 is 4.52. The number of ether oxygens (including phenoxy) is 1. The van der Waals surface area contributed by atoms with Gasteiger partial charge in [-0.3, -0.25) is 4.79 Å². The van der Waals surface area contributed by atoms with E-state index in [2.05, 4.69) is 4.74 Å². The molecule has 0 aliphatic rings. The van der Waals surface area contributed by atoms with Gasteiger partial charge in [0.15, 0.2) is 0 Å². The number of anilines is 1. The third-order valence-corrected chi connectivity index (χ3v) is 2.61. The van der Waals surface area contributed by atoms with Crippen LogP contribution in [-0.2, 0) is 22.5 Å². The summed E-state index contributed by atoms with van der Waals surface area (Å²) >= 11 is 0. The second-order valence-corrected chi connectivity index (χ2v) is 4.19. The van der Waals surface area contributed by atoms with Gasteiger partial charge in [-0.05, 0) is 23.3 Å². The van der Waals surface area contributed by atoms with Crippen LogP contribution in [0.1, 0.15) is 11.1 Å². The first kappa shape index (κ1) is 15.7. The summed E-state index contributed by atoms with van der Waals surface area (Å²) in [6.45, 7) is 0.561. The molecule has 0 atom stereocenters. The van der Waals surface area contributed by atoms with Crippen molar-refractivity contribution in [3.63, 3.8) is 0 Å². The van der Waals surface area contributed by atoms with Crippen LogP contribution >= 0.6 is 0 Å². The van der Waals surface area contributed by atoms with Crippen molar-refractivity contribution in [2.45, 2.75) is 13.0 Å². The number of benzene rings is 2. The average Bonchev–Trinajstić information content (AvgIpc) is 2.49. The van der Waals surface area contributed by atoms with E-state index in [1.807, 2.05) is 54.6 Å². The minimum atomic E-state index is -0.198. The van der Waals surface area contributed by atoms with Crippen molar-refractivity contribution in [2.75, 3.05) is 12.8 Å². The zero-order valence-corrected chi connectivity index (χ0v) is 11.6. The molecule has 20 heavy (non-hydrogen) atoms. The molecule has 0 saturated carbocycles. The average molecular weight is 272 g/mol. The normalized spacial score (nSPS) is 9.30. The van der Waals surface area contributed by atoms with Crippen LogP contribution in [0.2, 0.25) is 0 Å². The lowest BCUT2D eigenvalue weighted by Crippen LogP contribution is -2.03. The number of hydrogen-bond donors (Lipinski definition) is 2. The van der Waals surface area contributed by atoms with Crippen LogP contribution in [0.25, 0.3) is 0 Å². The molecule has 4 N–H and O–H groups in total. The summed E-state index contributed by atoms with van der Waals surface area (Å²) in [5, 5.41) is 0. The van der Waals surface area contributed by atoms with Crippen molar-refractivity contribution in [2.24, 2.45) is 5.73 Å². The van der Waals surface area contributed by atoms with Crippen molar-refractivity contribution >= 4 is 11.7 Å². The maximum atomic E-state index is 10.8. The summed E-state index contributed by atoms with van der Waals surface area (Å²) in [7, 11) is 1.39. The Kier molecular flexibility index (Phi) is 6.85. The molecular weight excluding hydrogens is 252 g/mol. The van der Waals surface area contributed by atoms with Gasteiger partial charge in [0.1, 0.15) is 0 Å². The van der Waals surface area contributed by atoms with E-state index in [1.165, 1.54) is 7.11 Å². The van der Waals surface area contributed by atoms with E-state index in [0.717, 1.165) is 16.8 Å². The van der Waals surface area contributed by atoms with Gasteiger partial charge >= 0.3 is 5.97 Å². The van der Waals surface area contributed by atoms with E-state index >= 15 is 0 Å². The van der Waals surface area contributed by atoms with E-state index in [-0.39, 0.29) is 5.97 Å². The van der Waals surface area contributed by atoms with E-state index in [0.29, 0.717) is 13.0 Å². The molecule has 0 radical (unpaired) electrons. The van der Waals surface area contributed by atoms with Crippen LogP contribution in [0.15, 0.2) is 54.6 Å². The van der Waals surface area contributed by atoms with Gasteiger partial charge < -0.3 is 16.2 Å². The molecule has 0 saturated heterocycles. The van der Waals surface area contributed by atoms with Crippen molar-refractivity contribution < 1.29 is 9.53 Å². The van der Waals surface area contributed by atoms with E-state index in [9.17, 15) is 4.79 Å². The van der Waals surface area contributed by atoms with E-state index in [4.69, 9.17) is 11.5 Å². The topological polar surface area (TPSA) is 78.3 Å². The lowest BCUT2D eigenvalue weighted by Gasteiger charge is -1.97. The molecule has 0 spiro atoms.